The topological polar surface area (TPSA) is 58.0 Å². The lowest BCUT2D eigenvalue weighted by Crippen LogP contribution is -2.47. The van der Waals surface area contributed by atoms with Gasteiger partial charge in [0.1, 0.15) is 12.1 Å². The van der Waals surface area contributed by atoms with Crippen molar-refractivity contribution in [3.8, 4) is 0 Å². The van der Waals surface area contributed by atoms with Crippen LogP contribution < -0.4 is 9.80 Å². The van der Waals surface area contributed by atoms with E-state index in [1.54, 1.807) is 17.3 Å². The SMILES string of the molecule is Fc1cc(C(F)(F)F)cnc1N1CCN(c2ncnc3cnccc23)CC1. The number of hydrogen-bond donors (Lipinski definition) is 0. The number of fused-ring (bicyclic) bond motifs is 1. The molecule has 0 N–H and O–H groups in total. The fourth-order valence-electron chi connectivity index (χ4n) is 3.09. The summed E-state index contributed by atoms with van der Waals surface area (Å²) >= 11 is 0. The lowest BCUT2D eigenvalue weighted by atomic mass is 10.2. The van der Waals surface area contributed by atoms with Gasteiger partial charge >= 0.3 is 6.18 Å². The maximum absolute atomic E-state index is 14.1. The van der Waals surface area contributed by atoms with Crippen LogP contribution in [0, 0.1) is 5.82 Å². The van der Waals surface area contributed by atoms with E-state index in [2.05, 4.69) is 19.9 Å². The normalized spacial score (nSPS) is 15.4. The minimum Gasteiger partial charge on any atom is -0.352 e. The van der Waals surface area contributed by atoms with Crippen LogP contribution in [0.2, 0.25) is 0 Å². The number of nitrogens with zero attached hydrogens (tertiary/aromatic N) is 6. The van der Waals surface area contributed by atoms with Crippen LogP contribution in [0.25, 0.3) is 10.9 Å². The summed E-state index contributed by atoms with van der Waals surface area (Å²) in [6.45, 7) is 1.87. The summed E-state index contributed by atoms with van der Waals surface area (Å²) in [5, 5.41) is 0.861. The van der Waals surface area contributed by atoms with Gasteiger partial charge in [0.2, 0.25) is 0 Å². The number of alkyl halides is 3. The van der Waals surface area contributed by atoms with Crippen molar-refractivity contribution in [1.29, 1.82) is 0 Å². The summed E-state index contributed by atoms with van der Waals surface area (Å²) in [6.07, 6.45) is 0.817. The van der Waals surface area contributed by atoms with Gasteiger partial charge < -0.3 is 9.80 Å². The molecule has 4 rings (SSSR count). The first-order chi connectivity index (χ1) is 12.9. The molecular weight excluding hydrogens is 364 g/mol. The van der Waals surface area contributed by atoms with Gasteiger partial charge in [-0.05, 0) is 12.1 Å². The highest BCUT2D eigenvalue weighted by molar-refractivity contribution is 5.88. The summed E-state index contributed by atoms with van der Waals surface area (Å²) < 4.78 is 52.1. The van der Waals surface area contributed by atoms with E-state index in [1.165, 1.54) is 6.33 Å². The molecular formula is C17H14F4N6. The maximum Gasteiger partial charge on any atom is 0.417 e. The molecule has 1 aliphatic heterocycles. The second-order valence-electron chi connectivity index (χ2n) is 6.09. The van der Waals surface area contributed by atoms with Crippen LogP contribution in [0.15, 0.2) is 37.1 Å². The third-order valence-corrected chi connectivity index (χ3v) is 4.45. The monoisotopic (exact) mass is 378 g/mol. The Bertz CT molecular complexity index is 964. The molecule has 140 valence electrons. The number of rotatable bonds is 2. The van der Waals surface area contributed by atoms with Gasteiger partial charge in [0.25, 0.3) is 0 Å². The zero-order valence-electron chi connectivity index (χ0n) is 14.0. The lowest BCUT2D eigenvalue weighted by molar-refractivity contribution is -0.138. The first-order valence-electron chi connectivity index (χ1n) is 8.21. The van der Waals surface area contributed by atoms with E-state index >= 15 is 0 Å². The lowest BCUT2D eigenvalue weighted by Gasteiger charge is -2.36. The van der Waals surface area contributed by atoms with Crippen LogP contribution in [0.1, 0.15) is 5.56 Å². The molecule has 3 aromatic heterocycles. The van der Waals surface area contributed by atoms with E-state index in [-0.39, 0.29) is 5.82 Å². The predicted octanol–water partition coefficient (Wildman–Crippen LogP) is 2.90. The molecule has 0 aromatic carbocycles. The number of hydrogen-bond acceptors (Lipinski definition) is 6. The third-order valence-electron chi connectivity index (χ3n) is 4.45. The van der Waals surface area contributed by atoms with E-state index < -0.39 is 17.6 Å². The third kappa shape index (κ3) is 3.34. The molecule has 27 heavy (non-hydrogen) atoms. The average Bonchev–Trinajstić information content (AvgIpc) is 2.67. The van der Waals surface area contributed by atoms with Gasteiger partial charge in [-0.3, -0.25) is 4.98 Å². The van der Waals surface area contributed by atoms with Crippen LogP contribution in [-0.2, 0) is 6.18 Å². The number of anilines is 2. The van der Waals surface area contributed by atoms with Crippen LogP contribution in [0.4, 0.5) is 29.2 Å². The van der Waals surface area contributed by atoms with Crippen molar-refractivity contribution in [3.63, 3.8) is 0 Å². The number of halogens is 4. The first-order valence-corrected chi connectivity index (χ1v) is 8.21. The van der Waals surface area contributed by atoms with Crippen LogP contribution >= 0.6 is 0 Å². The number of pyridine rings is 2. The number of aromatic nitrogens is 4. The predicted molar refractivity (Wildman–Crippen MR) is 91.0 cm³/mol. The van der Waals surface area contributed by atoms with Crippen molar-refractivity contribution in [1.82, 2.24) is 19.9 Å². The summed E-state index contributed by atoms with van der Waals surface area (Å²) in [5.41, 5.74) is -0.371. The average molecular weight is 378 g/mol. The Kier molecular flexibility index (Phi) is 4.25. The van der Waals surface area contributed by atoms with Crippen LogP contribution in [0.3, 0.4) is 0 Å². The van der Waals surface area contributed by atoms with E-state index in [4.69, 9.17) is 0 Å². The Hall–Kier alpha value is -3.04. The highest BCUT2D eigenvalue weighted by atomic mass is 19.4. The molecule has 4 heterocycles. The van der Waals surface area contributed by atoms with Crippen molar-refractivity contribution in [2.75, 3.05) is 36.0 Å². The molecule has 1 fully saturated rings. The van der Waals surface area contributed by atoms with Gasteiger partial charge in [0.05, 0.1) is 17.3 Å². The smallest absolute Gasteiger partial charge is 0.352 e. The molecule has 0 radical (unpaired) electrons. The van der Waals surface area contributed by atoms with E-state index in [1.807, 2.05) is 11.0 Å². The minimum absolute atomic E-state index is 0.0700. The van der Waals surface area contributed by atoms with Gasteiger partial charge in [0.15, 0.2) is 11.6 Å². The molecule has 0 aliphatic carbocycles. The highest BCUT2D eigenvalue weighted by Gasteiger charge is 2.32. The van der Waals surface area contributed by atoms with E-state index in [9.17, 15) is 17.6 Å². The molecule has 0 spiro atoms. The van der Waals surface area contributed by atoms with Crippen molar-refractivity contribution < 1.29 is 17.6 Å². The Labute approximate surface area is 151 Å². The molecule has 1 saturated heterocycles. The number of piperazine rings is 1. The minimum atomic E-state index is -4.62. The molecule has 10 heteroatoms. The van der Waals surface area contributed by atoms with E-state index in [0.29, 0.717) is 38.4 Å². The summed E-state index contributed by atoms with van der Waals surface area (Å²) in [5.74, 6) is -0.292. The molecule has 0 unspecified atom stereocenters. The van der Waals surface area contributed by atoms with Crippen molar-refractivity contribution >= 4 is 22.5 Å². The Morgan fingerprint density at radius 1 is 0.889 bits per heavy atom. The Morgan fingerprint density at radius 3 is 2.26 bits per heavy atom. The van der Waals surface area contributed by atoms with Gasteiger partial charge in [-0.25, -0.2) is 19.3 Å². The first kappa shape index (κ1) is 17.4. The maximum atomic E-state index is 14.1. The Morgan fingerprint density at radius 2 is 1.59 bits per heavy atom. The quantitative estimate of drug-likeness (QED) is 0.639. The second-order valence-corrected chi connectivity index (χ2v) is 6.09. The van der Waals surface area contributed by atoms with Crippen molar-refractivity contribution in [2.45, 2.75) is 6.18 Å². The zero-order valence-corrected chi connectivity index (χ0v) is 14.0. The summed E-state index contributed by atoms with van der Waals surface area (Å²) in [7, 11) is 0. The Balaban J connectivity index is 1.52. The van der Waals surface area contributed by atoms with Gasteiger partial charge in [-0.15, -0.1) is 0 Å². The molecule has 3 aromatic rings. The second kappa shape index (κ2) is 6.60. The van der Waals surface area contributed by atoms with Gasteiger partial charge in [0, 0.05) is 44.0 Å². The fourth-order valence-corrected chi connectivity index (χ4v) is 3.09. The molecule has 6 nitrogen and oxygen atoms in total. The van der Waals surface area contributed by atoms with Gasteiger partial charge in [-0.2, -0.15) is 13.2 Å². The molecule has 0 saturated carbocycles. The van der Waals surface area contributed by atoms with Crippen molar-refractivity contribution in [3.05, 3.63) is 48.4 Å². The molecule has 0 atom stereocenters. The zero-order chi connectivity index (χ0) is 19.0. The summed E-state index contributed by atoms with van der Waals surface area (Å²) in [6, 6.07) is 2.31. The van der Waals surface area contributed by atoms with Crippen molar-refractivity contribution in [2.24, 2.45) is 0 Å². The molecule has 0 amide bonds. The van der Waals surface area contributed by atoms with Gasteiger partial charge in [-0.1, -0.05) is 0 Å². The van der Waals surface area contributed by atoms with Crippen LogP contribution in [-0.4, -0.2) is 46.1 Å². The van der Waals surface area contributed by atoms with Crippen LogP contribution in [0.5, 0.6) is 0 Å². The standard InChI is InChI=1S/C17H14F4N6/c18-13-7-11(17(19,20)21)8-23-16(13)27-5-3-26(4-6-27)15-12-1-2-22-9-14(12)24-10-25-15/h1-2,7-10H,3-6H2. The molecule has 0 bridgehead atoms. The highest BCUT2D eigenvalue weighted by Crippen LogP contribution is 2.31. The molecule has 1 aliphatic rings. The summed E-state index contributed by atoms with van der Waals surface area (Å²) in [4.78, 5) is 19.9. The largest absolute Gasteiger partial charge is 0.417 e. The van der Waals surface area contributed by atoms with E-state index in [0.717, 1.165) is 16.7 Å². The fraction of sp³-hybridized carbons (Fsp3) is 0.294.